The Hall–Kier alpha value is -1.39. The third kappa shape index (κ3) is 2.55. The highest BCUT2D eigenvalue weighted by Crippen LogP contribution is 2.30. The zero-order valence-electron chi connectivity index (χ0n) is 8.82. The van der Waals surface area contributed by atoms with Crippen molar-refractivity contribution >= 4 is 17.7 Å². The van der Waals surface area contributed by atoms with Crippen LogP contribution in [0.4, 0.5) is 0 Å². The molecule has 0 saturated heterocycles. The molecule has 0 unspecified atom stereocenters. The minimum atomic E-state index is -0.952. The summed E-state index contributed by atoms with van der Waals surface area (Å²) < 4.78 is 9.06. The Kier molecular flexibility index (Phi) is 3.82. The molecule has 0 heterocycles. The van der Waals surface area contributed by atoms with Crippen molar-refractivity contribution in [2.24, 2.45) is 11.8 Å². The van der Waals surface area contributed by atoms with Crippen LogP contribution in [0.2, 0.25) is 0 Å². The number of carbonyl (C=O) groups is 3. The highest BCUT2D eigenvalue weighted by Gasteiger charge is 2.40. The molecular formula is C10H14O5. The molecule has 1 rings (SSSR count). The lowest BCUT2D eigenvalue weighted by Crippen LogP contribution is -2.32. The molecular weight excluding hydrogens is 200 g/mol. The maximum Gasteiger partial charge on any atom is 0.320 e. The van der Waals surface area contributed by atoms with Crippen molar-refractivity contribution < 1.29 is 23.9 Å². The highest BCUT2D eigenvalue weighted by molar-refractivity contribution is 5.96. The lowest BCUT2D eigenvalue weighted by atomic mass is 9.91. The maximum absolute atomic E-state index is 11.4. The van der Waals surface area contributed by atoms with Crippen LogP contribution in [0, 0.1) is 11.8 Å². The van der Waals surface area contributed by atoms with Gasteiger partial charge >= 0.3 is 11.9 Å². The van der Waals surface area contributed by atoms with Crippen LogP contribution < -0.4 is 0 Å². The van der Waals surface area contributed by atoms with Crippen LogP contribution >= 0.6 is 0 Å². The van der Waals surface area contributed by atoms with E-state index in [0.29, 0.717) is 12.8 Å². The molecule has 0 bridgehead atoms. The topological polar surface area (TPSA) is 69.7 Å². The Balaban J connectivity index is 2.76. The van der Waals surface area contributed by atoms with Crippen molar-refractivity contribution in [1.82, 2.24) is 0 Å². The monoisotopic (exact) mass is 214 g/mol. The van der Waals surface area contributed by atoms with Crippen molar-refractivity contribution in [1.29, 1.82) is 0 Å². The van der Waals surface area contributed by atoms with Crippen molar-refractivity contribution in [2.75, 3.05) is 14.2 Å². The van der Waals surface area contributed by atoms with E-state index in [4.69, 9.17) is 0 Å². The Bertz CT molecular complexity index is 268. The molecule has 0 aliphatic heterocycles. The fraction of sp³-hybridized carbons (Fsp3) is 0.700. The first-order valence-electron chi connectivity index (χ1n) is 4.77. The third-order valence-corrected chi connectivity index (χ3v) is 2.67. The summed E-state index contributed by atoms with van der Waals surface area (Å²) >= 11 is 0. The third-order valence-electron chi connectivity index (χ3n) is 2.67. The Morgan fingerprint density at radius 2 is 1.80 bits per heavy atom. The van der Waals surface area contributed by atoms with Gasteiger partial charge in [0.2, 0.25) is 0 Å². The number of carbonyl (C=O) groups excluding carboxylic acids is 3. The molecule has 1 fully saturated rings. The Morgan fingerprint density at radius 3 is 2.13 bits per heavy atom. The zero-order valence-corrected chi connectivity index (χ0v) is 8.82. The lowest BCUT2D eigenvalue weighted by Gasteiger charge is -2.17. The zero-order chi connectivity index (χ0) is 11.4. The molecule has 1 aliphatic carbocycles. The van der Waals surface area contributed by atoms with Gasteiger partial charge in [0.05, 0.1) is 14.2 Å². The molecule has 15 heavy (non-hydrogen) atoms. The van der Waals surface area contributed by atoms with Gasteiger partial charge in [-0.2, -0.15) is 0 Å². The van der Waals surface area contributed by atoms with Crippen molar-refractivity contribution in [3.05, 3.63) is 0 Å². The average Bonchev–Trinajstić information content (AvgIpc) is 2.64. The molecule has 0 spiro atoms. The van der Waals surface area contributed by atoms with E-state index in [0.717, 1.165) is 0 Å². The molecule has 5 heteroatoms. The predicted octanol–water partition coefficient (Wildman–Crippen LogP) is 0.318. The van der Waals surface area contributed by atoms with Gasteiger partial charge in [0.15, 0.2) is 5.92 Å². The summed E-state index contributed by atoms with van der Waals surface area (Å²) in [6.45, 7) is 0. The van der Waals surface area contributed by atoms with E-state index < -0.39 is 17.9 Å². The normalized spacial score (nSPS) is 20.5. The first-order valence-corrected chi connectivity index (χ1v) is 4.77. The van der Waals surface area contributed by atoms with Crippen molar-refractivity contribution in [3.63, 3.8) is 0 Å². The minimum Gasteiger partial charge on any atom is -0.468 e. The average molecular weight is 214 g/mol. The molecule has 0 aromatic carbocycles. The number of hydrogen-bond donors (Lipinski definition) is 0. The summed E-state index contributed by atoms with van der Waals surface area (Å²) in [6.07, 6.45) is 1.23. The maximum atomic E-state index is 11.4. The van der Waals surface area contributed by atoms with Gasteiger partial charge in [-0.1, -0.05) is 0 Å². The standard InChI is InChI=1S/C10H14O5/c1-14-9(12)8(10(13)15-2)6-3-4-7(11)5-6/h6,8H,3-5H2,1-2H3/t6-/m1/s1. The summed E-state index contributed by atoms with van der Waals surface area (Å²) in [6, 6.07) is 0. The molecule has 0 amide bonds. The lowest BCUT2D eigenvalue weighted by molar-refractivity contribution is -0.161. The van der Waals surface area contributed by atoms with E-state index >= 15 is 0 Å². The predicted molar refractivity (Wildman–Crippen MR) is 49.9 cm³/mol. The highest BCUT2D eigenvalue weighted by atomic mass is 16.5. The van der Waals surface area contributed by atoms with Crippen LogP contribution in [0.15, 0.2) is 0 Å². The Morgan fingerprint density at radius 1 is 1.27 bits per heavy atom. The molecule has 1 aliphatic rings. The van der Waals surface area contributed by atoms with Gasteiger partial charge < -0.3 is 9.47 Å². The van der Waals surface area contributed by atoms with E-state index in [2.05, 4.69) is 9.47 Å². The van der Waals surface area contributed by atoms with E-state index in [-0.39, 0.29) is 18.1 Å². The van der Waals surface area contributed by atoms with Crippen molar-refractivity contribution in [2.45, 2.75) is 19.3 Å². The van der Waals surface area contributed by atoms with Gasteiger partial charge in [-0.15, -0.1) is 0 Å². The fourth-order valence-electron chi connectivity index (χ4n) is 1.86. The summed E-state index contributed by atoms with van der Waals surface area (Å²) in [7, 11) is 2.43. The smallest absolute Gasteiger partial charge is 0.320 e. The molecule has 5 nitrogen and oxygen atoms in total. The number of rotatable bonds is 3. The van der Waals surface area contributed by atoms with E-state index in [1.807, 2.05) is 0 Å². The number of Topliss-reactive ketones (excluding diaryl/α,β-unsaturated/α-hetero) is 1. The van der Waals surface area contributed by atoms with Gasteiger partial charge in [0.1, 0.15) is 5.78 Å². The number of ketones is 1. The molecule has 1 saturated carbocycles. The van der Waals surface area contributed by atoms with Crippen LogP contribution in [0.1, 0.15) is 19.3 Å². The Labute approximate surface area is 87.7 Å². The number of hydrogen-bond acceptors (Lipinski definition) is 5. The van der Waals surface area contributed by atoms with Gasteiger partial charge in [0, 0.05) is 12.8 Å². The summed E-state index contributed by atoms with van der Waals surface area (Å²) in [5.74, 6) is -2.38. The molecule has 0 aromatic rings. The van der Waals surface area contributed by atoms with Gasteiger partial charge in [-0.25, -0.2) is 0 Å². The molecule has 0 radical (unpaired) electrons. The van der Waals surface area contributed by atoms with E-state index in [1.54, 1.807) is 0 Å². The SMILES string of the molecule is COC(=O)C(C(=O)OC)[C@@H]1CCC(=O)C1. The molecule has 0 aromatic heterocycles. The van der Waals surface area contributed by atoms with Crippen LogP contribution in [0.3, 0.4) is 0 Å². The number of methoxy groups -OCH3 is 2. The molecule has 1 atom stereocenters. The first-order chi connectivity index (χ1) is 7.10. The van der Waals surface area contributed by atoms with Crippen LogP contribution in [0.5, 0.6) is 0 Å². The van der Waals surface area contributed by atoms with Crippen molar-refractivity contribution in [3.8, 4) is 0 Å². The summed E-state index contributed by atoms with van der Waals surface area (Å²) in [5.41, 5.74) is 0. The van der Waals surface area contributed by atoms with Crippen LogP contribution in [0.25, 0.3) is 0 Å². The minimum absolute atomic E-state index is 0.0813. The second-order valence-corrected chi connectivity index (χ2v) is 3.57. The van der Waals surface area contributed by atoms with Gasteiger partial charge in [-0.05, 0) is 12.3 Å². The van der Waals surface area contributed by atoms with Crippen LogP contribution in [-0.4, -0.2) is 31.9 Å². The number of esters is 2. The van der Waals surface area contributed by atoms with Gasteiger partial charge in [0.25, 0.3) is 0 Å². The molecule has 84 valence electrons. The molecule has 0 N–H and O–H groups in total. The van der Waals surface area contributed by atoms with Crippen LogP contribution in [-0.2, 0) is 23.9 Å². The van der Waals surface area contributed by atoms with E-state index in [1.165, 1.54) is 14.2 Å². The summed E-state index contributed by atoms with van der Waals surface area (Å²) in [4.78, 5) is 33.8. The fourth-order valence-corrected chi connectivity index (χ4v) is 1.86. The second-order valence-electron chi connectivity index (χ2n) is 3.57. The number of ether oxygens (including phenoxy) is 2. The van der Waals surface area contributed by atoms with E-state index in [9.17, 15) is 14.4 Å². The summed E-state index contributed by atoms with van der Waals surface area (Å²) in [5, 5.41) is 0. The quantitative estimate of drug-likeness (QED) is 0.499. The first kappa shape index (κ1) is 11.7. The largest absolute Gasteiger partial charge is 0.468 e. The van der Waals surface area contributed by atoms with Gasteiger partial charge in [-0.3, -0.25) is 14.4 Å². The second kappa shape index (κ2) is 4.91.